The van der Waals surface area contributed by atoms with Gasteiger partial charge in [0.2, 0.25) is 0 Å². The third-order valence-corrected chi connectivity index (χ3v) is 9.25. The summed E-state index contributed by atoms with van der Waals surface area (Å²) in [6.07, 6.45) is 2.20. The van der Waals surface area contributed by atoms with Crippen LogP contribution in [0.5, 0.6) is 0 Å². The second-order valence-electron chi connectivity index (χ2n) is 9.44. The van der Waals surface area contributed by atoms with Crippen LogP contribution in [0.3, 0.4) is 0 Å². The fourth-order valence-electron chi connectivity index (χ4n) is 4.04. The van der Waals surface area contributed by atoms with E-state index < -0.39 is 15.8 Å². The lowest BCUT2D eigenvalue weighted by Gasteiger charge is -2.19. The summed E-state index contributed by atoms with van der Waals surface area (Å²) in [5.41, 5.74) is 2.97. The molecule has 0 aliphatic heterocycles. The van der Waals surface area contributed by atoms with Gasteiger partial charge in [-0.1, -0.05) is 58.4 Å². The number of hydrogen-bond donors (Lipinski definition) is 1. The van der Waals surface area contributed by atoms with Gasteiger partial charge in [0.05, 0.1) is 10.1 Å². The number of halogens is 1. The molecule has 200 valence electrons. The van der Waals surface area contributed by atoms with Gasteiger partial charge in [0.15, 0.2) is 9.84 Å². The van der Waals surface area contributed by atoms with E-state index >= 15 is 0 Å². The number of nitrogens with one attached hydrogen (secondary N) is 1. The van der Waals surface area contributed by atoms with Gasteiger partial charge in [0.1, 0.15) is 6.61 Å². The Balaban J connectivity index is 1.41. The van der Waals surface area contributed by atoms with Crippen LogP contribution in [0.25, 0.3) is 0 Å². The number of hydrogen-bond acceptors (Lipinski definition) is 5. The van der Waals surface area contributed by atoms with E-state index in [0.29, 0.717) is 37.1 Å². The molecule has 1 aliphatic carbocycles. The zero-order valence-electron chi connectivity index (χ0n) is 21.2. The normalized spacial score (nSPS) is 13.1. The Kier molecular flexibility index (Phi) is 9.22. The van der Waals surface area contributed by atoms with E-state index in [0.717, 1.165) is 15.6 Å². The fourth-order valence-corrected chi connectivity index (χ4v) is 6.39. The first kappa shape index (κ1) is 27.9. The predicted octanol–water partition coefficient (Wildman–Crippen LogP) is 5.77. The molecule has 7 nitrogen and oxygen atoms in total. The zero-order valence-corrected chi connectivity index (χ0v) is 23.6. The van der Waals surface area contributed by atoms with E-state index in [1.165, 1.54) is 6.07 Å². The molecule has 3 aromatic carbocycles. The minimum Gasteiger partial charge on any atom is -0.461 e. The molecule has 2 amide bonds. The van der Waals surface area contributed by atoms with Crippen molar-refractivity contribution in [3.63, 3.8) is 0 Å². The molecular formula is C29H31BrN2O5S. The summed E-state index contributed by atoms with van der Waals surface area (Å²) in [6.45, 7) is 0.672. The maximum Gasteiger partial charge on any atom is 0.321 e. The Morgan fingerprint density at radius 3 is 2.42 bits per heavy atom. The Labute approximate surface area is 232 Å². The lowest BCUT2D eigenvalue weighted by atomic mass is 10.1. The topological polar surface area (TPSA) is 92.8 Å². The molecule has 1 saturated carbocycles. The van der Waals surface area contributed by atoms with Crippen molar-refractivity contribution in [2.24, 2.45) is 0 Å². The van der Waals surface area contributed by atoms with Crippen molar-refractivity contribution in [3.8, 4) is 0 Å². The van der Waals surface area contributed by atoms with Crippen molar-refractivity contribution in [1.82, 2.24) is 4.90 Å². The van der Waals surface area contributed by atoms with Crippen LogP contribution in [0, 0.1) is 0 Å². The Morgan fingerprint density at radius 1 is 0.974 bits per heavy atom. The number of ether oxygens (including phenoxy) is 1. The number of aryl methyl sites for hydroxylation is 1. The van der Waals surface area contributed by atoms with Crippen molar-refractivity contribution < 1.29 is 22.7 Å². The van der Waals surface area contributed by atoms with Crippen LogP contribution in [-0.2, 0) is 38.8 Å². The third kappa shape index (κ3) is 7.68. The third-order valence-electron chi connectivity index (χ3n) is 6.39. The molecule has 1 aliphatic rings. The second kappa shape index (κ2) is 12.6. The van der Waals surface area contributed by atoms with Crippen molar-refractivity contribution in [3.05, 3.63) is 94.0 Å². The lowest BCUT2D eigenvalue weighted by Crippen LogP contribution is -2.33. The maximum atomic E-state index is 13.0. The van der Waals surface area contributed by atoms with Crippen molar-refractivity contribution in [2.75, 3.05) is 18.9 Å². The van der Waals surface area contributed by atoms with Gasteiger partial charge in [-0.3, -0.25) is 4.79 Å². The van der Waals surface area contributed by atoms with Crippen molar-refractivity contribution in [1.29, 1.82) is 0 Å². The highest BCUT2D eigenvalue weighted by atomic mass is 79.9. The molecule has 0 spiro atoms. The molecule has 38 heavy (non-hydrogen) atoms. The van der Waals surface area contributed by atoms with E-state index in [4.69, 9.17) is 4.74 Å². The van der Waals surface area contributed by atoms with Crippen LogP contribution in [0.1, 0.15) is 36.0 Å². The van der Waals surface area contributed by atoms with Gasteiger partial charge in [0, 0.05) is 30.2 Å². The average Bonchev–Trinajstić information content (AvgIpc) is 3.76. The van der Waals surface area contributed by atoms with E-state index in [9.17, 15) is 18.0 Å². The summed E-state index contributed by atoms with van der Waals surface area (Å²) >= 11 is 3.46. The number of urea groups is 1. The summed E-state index contributed by atoms with van der Waals surface area (Å²) in [5, 5.41) is 2.48. The van der Waals surface area contributed by atoms with Crippen molar-refractivity contribution >= 4 is 43.5 Å². The Morgan fingerprint density at radius 2 is 1.71 bits per heavy atom. The van der Waals surface area contributed by atoms with Gasteiger partial charge < -0.3 is 15.0 Å². The first-order valence-electron chi connectivity index (χ1n) is 12.6. The molecule has 0 bridgehead atoms. The SMILES string of the molecule is CN(CCc1cccc(Br)c1)C(=O)Nc1ccc(S(=O)(=O)C2CC2)c(CCC(=O)OCc2ccccc2)c1. The minimum absolute atomic E-state index is 0.0317. The second-order valence-corrected chi connectivity index (χ2v) is 12.6. The van der Waals surface area contributed by atoms with E-state index in [2.05, 4.69) is 21.2 Å². The summed E-state index contributed by atoms with van der Waals surface area (Å²) in [7, 11) is -1.77. The minimum atomic E-state index is -3.48. The van der Waals surface area contributed by atoms with Gasteiger partial charge in [-0.15, -0.1) is 0 Å². The van der Waals surface area contributed by atoms with Gasteiger partial charge >= 0.3 is 12.0 Å². The summed E-state index contributed by atoms with van der Waals surface area (Å²) < 4.78 is 32.4. The summed E-state index contributed by atoms with van der Waals surface area (Å²) in [5.74, 6) is -0.412. The number of amides is 2. The highest BCUT2D eigenvalue weighted by molar-refractivity contribution is 9.10. The van der Waals surface area contributed by atoms with E-state index in [-0.39, 0.29) is 35.6 Å². The van der Waals surface area contributed by atoms with Gasteiger partial charge in [-0.2, -0.15) is 0 Å². The van der Waals surface area contributed by atoms with E-state index in [1.807, 2.05) is 54.6 Å². The van der Waals surface area contributed by atoms with Crippen molar-refractivity contribution in [2.45, 2.75) is 48.9 Å². The molecule has 0 atom stereocenters. The molecule has 1 N–H and O–H groups in total. The maximum absolute atomic E-state index is 13.0. The van der Waals surface area contributed by atoms with Crippen LogP contribution < -0.4 is 5.32 Å². The number of sulfone groups is 1. The number of rotatable bonds is 11. The van der Waals surface area contributed by atoms with E-state index in [1.54, 1.807) is 24.1 Å². The molecule has 0 heterocycles. The van der Waals surface area contributed by atoms with Crippen LogP contribution in [-0.4, -0.2) is 44.2 Å². The highest BCUT2D eigenvalue weighted by Gasteiger charge is 2.38. The molecule has 4 rings (SSSR count). The van der Waals surface area contributed by atoms with Crippen LogP contribution >= 0.6 is 15.9 Å². The monoisotopic (exact) mass is 598 g/mol. The van der Waals surface area contributed by atoms with Crippen LogP contribution in [0.2, 0.25) is 0 Å². The van der Waals surface area contributed by atoms with Crippen LogP contribution in [0.15, 0.2) is 82.2 Å². The number of nitrogens with zero attached hydrogens (tertiary/aromatic N) is 1. The largest absolute Gasteiger partial charge is 0.461 e. The van der Waals surface area contributed by atoms with Gasteiger partial charge in [-0.05, 0) is 72.7 Å². The molecule has 0 aromatic heterocycles. The number of likely N-dealkylation sites (N-methyl/N-ethyl adjacent to an activating group) is 1. The molecule has 0 unspecified atom stereocenters. The molecule has 0 saturated heterocycles. The molecule has 0 radical (unpaired) electrons. The quantitative estimate of drug-likeness (QED) is 0.283. The summed E-state index contributed by atoms with van der Waals surface area (Å²) in [6, 6.07) is 21.8. The number of carbonyl (C=O) groups excluding carboxylic acids is 2. The number of carbonyl (C=O) groups is 2. The lowest BCUT2D eigenvalue weighted by molar-refractivity contribution is -0.144. The average molecular weight is 600 g/mol. The fraction of sp³-hybridized carbons (Fsp3) is 0.310. The molecule has 1 fully saturated rings. The Hall–Kier alpha value is -3.17. The number of anilines is 1. The number of esters is 1. The first-order chi connectivity index (χ1) is 18.2. The first-order valence-corrected chi connectivity index (χ1v) is 14.9. The summed E-state index contributed by atoms with van der Waals surface area (Å²) in [4.78, 5) is 27.0. The Bertz CT molecular complexity index is 1390. The molecule has 9 heteroatoms. The molecular weight excluding hydrogens is 568 g/mol. The zero-order chi connectivity index (χ0) is 27.1. The smallest absolute Gasteiger partial charge is 0.321 e. The number of benzene rings is 3. The highest BCUT2D eigenvalue weighted by Crippen LogP contribution is 2.36. The van der Waals surface area contributed by atoms with Gasteiger partial charge in [-0.25, -0.2) is 13.2 Å². The van der Waals surface area contributed by atoms with Gasteiger partial charge in [0.25, 0.3) is 0 Å². The van der Waals surface area contributed by atoms with Crippen LogP contribution in [0.4, 0.5) is 10.5 Å². The molecule has 3 aromatic rings. The predicted molar refractivity (Wildman–Crippen MR) is 151 cm³/mol. The standard InChI is InChI=1S/C29H31BrN2O5S/c1-32(17-16-21-8-5-9-24(30)18-21)29(34)31-25-11-14-27(38(35,36)26-12-13-26)23(19-25)10-15-28(33)37-20-22-6-3-2-4-7-22/h2-9,11,14,18-19,26H,10,12-13,15-17,20H2,1H3,(H,31,34).